The summed E-state index contributed by atoms with van der Waals surface area (Å²) < 4.78 is 16.4. The molecule has 0 bridgehead atoms. The molecular formula is C26H26ClFN2. The van der Waals surface area contributed by atoms with Crippen LogP contribution in [0.15, 0.2) is 79.0 Å². The zero-order chi connectivity index (χ0) is 20.9. The van der Waals surface area contributed by atoms with Gasteiger partial charge in [-0.15, -0.1) is 0 Å². The molecule has 0 fully saturated rings. The molecule has 0 aliphatic heterocycles. The summed E-state index contributed by atoms with van der Waals surface area (Å²) in [5, 5.41) is 5.30. The first-order valence-corrected chi connectivity index (χ1v) is 10.8. The molecule has 4 heteroatoms. The summed E-state index contributed by atoms with van der Waals surface area (Å²) in [7, 11) is 0. The van der Waals surface area contributed by atoms with Crippen molar-refractivity contribution >= 4 is 22.5 Å². The molecule has 2 nitrogen and oxygen atoms in total. The molecule has 0 spiro atoms. The normalized spacial score (nSPS) is 12.4. The van der Waals surface area contributed by atoms with E-state index in [1.807, 2.05) is 12.1 Å². The second-order valence-corrected chi connectivity index (χ2v) is 8.21. The highest BCUT2D eigenvalue weighted by atomic mass is 35.5. The molecule has 1 aromatic heterocycles. The van der Waals surface area contributed by atoms with Gasteiger partial charge in [0.1, 0.15) is 5.82 Å². The van der Waals surface area contributed by atoms with E-state index in [1.54, 1.807) is 12.1 Å². The number of aryl methyl sites for hydroxylation is 1. The van der Waals surface area contributed by atoms with Gasteiger partial charge in [-0.2, -0.15) is 0 Å². The van der Waals surface area contributed by atoms with Gasteiger partial charge in [0.15, 0.2) is 0 Å². The Morgan fingerprint density at radius 3 is 2.53 bits per heavy atom. The molecule has 0 saturated carbocycles. The quantitative estimate of drug-likeness (QED) is 0.340. The highest BCUT2D eigenvalue weighted by Crippen LogP contribution is 2.26. The lowest BCUT2D eigenvalue weighted by atomic mass is 10.1. The van der Waals surface area contributed by atoms with Gasteiger partial charge in [-0.3, -0.25) is 0 Å². The van der Waals surface area contributed by atoms with E-state index in [4.69, 9.17) is 11.6 Å². The summed E-state index contributed by atoms with van der Waals surface area (Å²) in [6, 6.07) is 24.1. The van der Waals surface area contributed by atoms with Crippen molar-refractivity contribution in [1.82, 2.24) is 9.88 Å². The van der Waals surface area contributed by atoms with Crippen LogP contribution in [0.3, 0.4) is 0 Å². The second-order valence-electron chi connectivity index (χ2n) is 7.81. The fourth-order valence-electron chi connectivity index (χ4n) is 3.86. The van der Waals surface area contributed by atoms with Gasteiger partial charge >= 0.3 is 0 Å². The average molecular weight is 421 g/mol. The van der Waals surface area contributed by atoms with Crippen LogP contribution in [-0.2, 0) is 19.5 Å². The van der Waals surface area contributed by atoms with Crippen molar-refractivity contribution in [3.8, 4) is 0 Å². The molecule has 0 aliphatic carbocycles. The predicted octanol–water partition coefficient (Wildman–Crippen LogP) is 6.59. The number of hydrogen-bond acceptors (Lipinski definition) is 1. The lowest BCUT2D eigenvalue weighted by Crippen LogP contribution is -2.25. The number of rotatable bonds is 8. The minimum Gasteiger partial charge on any atom is -0.343 e. The summed E-state index contributed by atoms with van der Waals surface area (Å²) in [5.74, 6) is -0.269. The molecule has 0 amide bonds. The summed E-state index contributed by atoms with van der Waals surface area (Å²) >= 11 is 6.26. The summed E-state index contributed by atoms with van der Waals surface area (Å²) in [6.07, 6.45) is 4.25. The summed E-state index contributed by atoms with van der Waals surface area (Å²) in [4.78, 5) is 0. The first-order valence-electron chi connectivity index (χ1n) is 10.4. The van der Waals surface area contributed by atoms with Crippen LogP contribution in [0, 0.1) is 5.82 Å². The maximum Gasteiger partial charge on any atom is 0.129 e. The lowest BCUT2D eigenvalue weighted by Gasteiger charge is -2.13. The zero-order valence-electron chi connectivity index (χ0n) is 17.1. The first kappa shape index (κ1) is 20.6. The van der Waals surface area contributed by atoms with Gasteiger partial charge in [0.05, 0.1) is 6.54 Å². The summed E-state index contributed by atoms with van der Waals surface area (Å²) in [6.45, 7) is 3.41. The zero-order valence-corrected chi connectivity index (χ0v) is 17.9. The molecule has 4 aromatic rings. The van der Waals surface area contributed by atoms with E-state index in [-0.39, 0.29) is 5.82 Å². The number of nitrogens with zero attached hydrogens (tertiary/aromatic N) is 1. The number of hydrogen-bond donors (Lipinski definition) is 1. The number of benzene rings is 3. The van der Waals surface area contributed by atoms with Crippen LogP contribution >= 0.6 is 11.6 Å². The van der Waals surface area contributed by atoms with Crippen LogP contribution in [0.5, 0.6) is 0 Å². The first-order chi connectivity index (χ1) is 14.6. The van der Waals surface area contributed by atoms with Gasteiger partial charge in [0.2, 0.25) is 0 Å². The maximum atomic E-state index is 14.3. The minimum atomic E-state index is -0.269. The van der Waals surface area contributed by atoms with Crippen LogP contribution in [0.4, 0.5) is 4.39 Å². The molecule has 3 aromatic carbocycles. The Kier molecular flexibility index (Phi) is 6.51. The van der Waals surface area contributed by atoms with Gasteiger partial charge in [-0.1, -0.05) is 66.2 Å². The van der Waals surface area contributed by atoms with E-state index < -0.39 is 0 Å². The topological polar surface area (TPSA) is 17.0 Å². The fraction of sp³-hybridized carbons (Fsp3) is 0.231. The van der Waals surface area contributed by atoms with Crippen molar-refractivity contribution < 1.29 is 4.39 Å². The molecule has 0 saturated heterocycles. The van der Waals surface area contributed by atoms with Crippen molar-refractivity contribution in [2.75, 3.05) is 0 Å². The van der Waals surface area contributed by atoms with E-state index in [2.05, 4.69) is 65.5 Å². The number of aromatic nitrogens is 1. The Morgan fingerprint density at radius 1 is 0.967 bits per heavy atom. The van der Waals surface area contributed by atoms with E-state index in [0.717, 1.165) is 24.9 Å². The SMILES string of the molecule is C[C@H](CCc1ccccc1)NCc1cn(Cc2c(F)cccc2Cl)c2ccccc12. The minimum absolute atomic E-state index is 0.269. The Balaban J connectivity index is 1.48. The standard InChI is InChI=1S/C26H26ClFN2/c1-19(14-15-20-8-3-2-4-9-20)29-16-21-17-30(26-13-6-5-10-22(21)26)18-23-24(27)11-7-12-25(23)28/h2-13,17,19,29H,14-16,18H2,1H3/t19-/m1/s1. The van der Waals surface area contributed by atoms with Crippen molar-refractivity contribution in [2.24, 2.45) is 0 Å². The van der Waals surface area contributed by atoms with Crippen LogP contribution in [0.1, 0.15) is 30.0 Å². The molecule has 0 unspecified atom stereocenters. The van der Waals surface area contributed by atoms with Crippen LogP contribution < -0.4 is 5.32 Å². The molecule has 0 radical (unpaired) electrons. The van der Waals surface area contributed by atoms with E-state index in [1.165, 1.54) is 22.6 Å². The fourth-order valence-corrected chi connectivity index (χ4v) is 4.09. The predicted molar refractivity (Wildman–Crippen MR) is 124 cm³/mol. The number of nitrogens with one attached hydrogen (secondary N) is 1. The molecule has 4 rings (SSSR count). The largest absolute Gasteiger partial charge is 0.343 e. The molecular weight excluding hydrogens is 395 g/mol. The van der Waals surface area contributed by atoms with Crippen molar-refractivity contribution in [2.45, 2.75) is 38.9 Å². The third-order valence-corrected chi connectivity index (χ3v) is 5.97. The van der Waals surface area contributed by atoms with Gasteiger partial charge in [-0.25, -0.2) is 4.39 Å². The second kappa shape index (κ2) is 9.46. The highest BCUT2D eigenvalue weighted by Gasteiger charge is 2.13. The highest BCUT2D eigenvalue weighted by molar-refractivity contribution is 6.31. The number of fused-ring (bicyclic) bond motifs is 1. The third-order valence-electron chi connectivity index (χ3n) is 5.61. The van der Waals surface area contributed by atoms with Gasteiger partial charge in [-0.05, 0) is 49.1 Å². The molecule has 1 heterocycles. The Labute approximate surface area is 182 Å². The lowest BCUT2D eigenvalue weighted by molar-refractivity contribution is 0.514. The number of halogens is 2. The Bertz CT molecular complexity index is 1100. The summed E-state index contributed by atoms with van der Waals surface area (Å²) in [5.41, 5.74) is 4.19. The Hall–Kier alpha value is -2.62. The molecule has 1 atom stereocenters. The molecule has 154 valence electrons. The van der Waals surface area contributed by atoms with E-state index in [0.29, 0.717) is 23.2 Å². The van der Waals surface area contributed by atoms with Crippen LogP contribution in [0.2, 0.25) is 5.02 Å². The van der Waals surface area contributed by atoms with Gasteiger partial charge in [0.25, 0.3) is 0 Å². The maximum absolute atomic E-state index is 14.3. The van der Waals surface area contributed by atoms with Crippen molar-refractivity contribution in [3.63, 3.8) is 0 Å². The van der Waals surface area contributed by atoms with E-state index >= 15 is 0 Å². The third kappa shape index (κ3) is 4.75. The van der Waals surface area contributed by atoms with Crippen molar-refractivity contribution in [3.05, 3.63) is 107 Å². The van der Waals surface area contributed by atoms with Crippen molar-refractivity contribution in [1.29, 1.82) is 0 Å². The van der Waals surface area contributed by atoms with E-state index in [9.17, 15) is 4.39 Å². The molecule has 1 N–H and O–H groups in total. The number of para-hydroxylation sites is 1. The van der Waals surface area contributed by atoms with Crippen LogP contribution in [0.25, 0.3) is 10.9 Å². The monoisotopic (exact) mass is 420 g/mol. The van der Waals surface area contributed by atoms with Crippen LogP contribution in [-0.4, -0.2) is 10.6 Å². The molecule has 0 aliphatic rings. The molecule has 30 heavy (non-hydrogen) atoms. The van der Waals surface area contributed by atoms with Gasteiger partial charge < -0.3 is 9.88 Å². The van der Waals surface area contributed by atoms with Gasteiger partial charge in [0, 0.05) is 40.3 Å². The Morgan fingerprint density at radius 2 is 1.73 bits per heavy atom. The smallest absolute Gasteiger partial charge is 0.129 e. The average Bonchev–Trinajstić information content (AvgIpc) is 3.12.